The minimum Gasteiger partial charge on any atom is -0.343 e. The zero-order chi connectivity index (χ0) is 18.7. The van der Waals surface area contributed by atoms with Crippen LogP contribution in [0, 0.1) is 0 Å². The number of alkyl halides is 3. The van der Waals surface area contributed by atoms with Gasteiger partial charge >= 0.3 is 6.18 Å². The lowest BCUT2D eigenvalue weighted by molar-refractivity contribution is -0.123. The van der Waals surface area contributed by atoms with Crippen LogP contribution in [0.2, 0.25) is 0 Å². The van der Waals surface area contributed by atoms with Crippen molar-refractivity contribution in [3.05, 3.63) is 29.8 Å². The van der Waals surface area contributed by atoms with E-state index >= 15 is 0 Å². The van der Waals surface area contributed by atoms with Crippen LogP contribution in [0.1, 0.15) is 23.2 Å². The van der Waals surface area contributed by atoms with Gasteiger partial charge in [-0.05, 0) is 38.1 Å². The molecule has 0 bridgehead atoms. The number of amides is 1. The predicted molar refractivity (Wildman–Crippen MR) is 92.9 cm³/mol. The largest absolute Gasteiger partial charge is 0.405 e. The minimum atomic E-state index is -4.53. The fourth-order valence-electron chi connectivity index (χ4n) is 2.61. The van der Waals surface area contributed by atoms with Gasteiger partial charge in [0, 0.05) is 24.7 Å². The summed E-state index contributed by atoms with van der Waals surface area (Å²) in [7, 11) is -1.97. The maximum atomic E-state index is 12.7. The summed E-state index contributed by atoms with van der Waals surface area (Å²) in [5, 5.41) is 4.83. The Morgan fingerprint density at radius 1 is 1.27 bits per heavy atom. The lowest BCUT2D eigenvalue weighted by Crippen LogP contribution is -2.43. The van der Waals surface area contributed by atoms with Crippen LogP contribution in [0.15, 0.2) is 29.2 Å². The van der Waals surface area contributed by atoms with Gasteiger partial charge in [0.05, 0.1) is 4.90 Å². The standard InChI is InChI=1S/C15H20F3N3O3S.ClH/c1-19-12-5-7-21(8-6-12)25(23,24)13-4-2-3-11(9-13)14(22)20-10-15(16,17)18;/h2-4,9,12,19H,5-8,10H2,1H3,(H,20,22);1H. The van der Waals surface area contributed by atoms with Crippen LogP contribution in [-0.2, 0) is 10.0 Å². The molecule has 1 amide bonds. The van der Waals surface area contributed by atoms with Gasteiger partial charge in [-0.15, -0.1) is 12.4 Å². The highest BCUT2D eigenvalue weighted by atomic mass is 35.5. The molecule has 0 aliphatic carbocycles. The summed E-state index contributed by atoms with van der Waals surface area (Å²) in [6.07, 6.45) is -3.19. The van der Waals surface area contributed by atoms with Crippen molar-refractivity contribution in [1.29, 1.82) is 0 Å². The van der Waals surface area contributed by atoms with Gasteiger partial charge in [-0.2, -0.15) is 17.5 Å². The summed E-state index contributed by atoms with van der Waals surface area (Å²) >= 11 is 0. The topological polar surface area (TPSA) is 78.5 Å². The lowest BCUT2D eigenvalue weighted by atomic mass is 10.1. The molecule has 1 aliphatic heterocycles. The van der Waals surface area contributed by atoms with Gasteiger partial charge in [0.2, 0.25) is 10.0 Å². The maximum Gasteiger partial charge on any atom is 0.405 e. The normalized spacial score (nSPS) is 16.8. The van der Waals surface area contributed by atoms with E-state index in [0.29, 0.717) is 25.9 Å². The van der Waals surface area contributed by atoms with Gasteiger partial charge in [0.1, 0.15) is 6.54 Å². The first-order chi connectivity index (χ1) is 11.6. The molecule has 0 atom stereocenters. The van der Waals surface area contributed by atoms with Crippen molar-refractivity contribution >= 4 is 28.3 Å². The molecule has 6 nitrogen and oxygen atoms in total. The Hall–Kier alpha value is -1.36. The number of piperidine rings is 1. The number of carbonyl (C=O) groups excluding carboxylic acids is 1. The van der Waals surface area contributed by atoms with Gasteiger partial charge < -0.3 is 10.6 Å². The van der Waals surface area contributed by atoms with E-state index in [1.807, 2.05) is 7.05 Å². The smallest absolute Gasteiger partial charge is 0.343 e. The average molecular weight is 416 g/mol. The second kappa shape index (κ2) is 9.03. The van der Waals surface area contributed by atoms with E-state index in [0.717, 1.165) is 6.07 Å². The summed E-state index contributed by atoms with van der Waals surface area (Å²) in [5.74, 6) is -0.969. The molecule has 26 heavy (non-hydrogen) atoms. The number of halogens is 4. The Kier molecular flexibility index (Phi) is 7.87. The van der Waals surface area contributed by atoms with Crippen LogP contribution in [0.4, 0.5) is 13.2 Å². The monoisotopic (exact) mass is 415 g/mol. The first-order valence-corrected chi connectivity index (χ1v) is 9.20. The van der Waals surface area contributed by atoms with Crippen molar-refractivity contribution in [1.82, 2.24) is 14.9 Å². The Bertz CT molecular complexity index is 720. The van der Waals surface area contributed by atoms with Crippen LogP contribution in [0.3, 0.4) is 0 Å². The summed E-state index contributed by atoms with van der Waals surface area (Å²) in [4.78, 5) is 11.7. The average Bonchev–Trinajstić information content (AvgIpc) is 2.59. The van der Waals surface area contributed by atoms with Gasteiger partial charge in [-0.1, -0.05) is 6.07 Å². The van der Waals surface area contributed by atoms with Gasteiger partial charge in [0.25, 0.3) is 5.91 Å². The second-order valence-electron chi connectivity index (χ2n) is 5.79. The highest BCUT2D eigenvalue weighted by Gasteiger charge is 2.30. The molecule has 2 N–H and O–H groups in total. The van der Waals surface area contributed by atoms with Crippen LogP contribution in [0.5, 0.6) is 0 Å². The molecule has 0 saturated carbocycles. The lowest BCUT2D eigenvalue weighted by Gasteiger charge is -2.31. The molecule has 0 unspecified atom stereocenters. The highest BCUT2D eigenvalue weighted by molar-refractivity contribution is 7.89. The van der Waals surface area contributed by atoms with E-state index in [4.69, 9.17) is 0 Å². The number of hydrogen-bond donors (Lipinski definition) is 2. The number of nitrogens with one attached hydrogen (secondary N) is 2. The van der Waals surface area contributed by atoms with Crippen molar-refractivity contribution < 1.29 is 26.4 Å². The molecule has 11 heteroatoms. The summed E-state index contributed by atoms with van der Waals surface area (Å²) in [6, 6.07) is 5.31. The van der Waals surface area contributed by atoms with Crippen LogP contribution in [-0.4, -0.2) is 57.5 Å². The number of benzene rings is 1. The SMILES string of the molecule is CNC1CCN(S(=O)(=O)c2cccc(C(=O)NCC(F)(F)F)c2)CC1.Cl. The first-order valence-electron chi connectivity index (χ1n) is 7.76. The van der Waals surface area contributed by atoms with E-state index in [-0.39, 0.29) is 28.9 Å². The minimum absolute atomic E-state index is 0. The second-order valence-corrected chi connectivity index (χ2v) is 7.73. The number of carbonyl (C=O) groups is 1. The van der Waals surface area contributed by atoms with E-state index < -0.39 is 28.7 Å². The Labute approximate surface area is 156 Å². The molecular weight excluding hydrogens is 395 g/mol. The van der Waals surface area contributed by atoms with Gasteiger partial charge in [-0.3, -0.25) is 4.79 Å². The number of hydrogen-bond acceptors (Lipinski definition) is 4. The fourth-order valence-corrected chi connectivity index (χ4v) is 4.13. The van der Waals surface area contributed by atoms with E-state index in [1.54, 1.807) is 5.32 Å². The van der Waals surface area contributed by atoms with Crippen molar-refractivity contribution in [2.45, 2.75) is 30.0 Å². The van der Waals surface area contributed by atoms with Crippen LogP contribution >= 0.6 is 12.4 Å². The zero-order valence-corrected chi connectivity index (χ0v) is 15.7. The van der Waals surface area contributed by atoms with Crippen LogP contribution < -0.4 is 10.6 Å². The molecule has 2 rings (SSSR count). The Balaban J connectivity index is 0.00000338. The van der Waals surface area contributed by atoms with Crippen molar-refractivity contribution in [2.24, 2.45) is 0 Å². The molecule has 0 aromatic heterocycles. The molecule has 1 aromatic rings. The summed E-state index contributed by atoms with van der Waals surface area (Å²) in [6.45, 7) is -0.781. The third kappa shape index (κ3) is 5.83. The maximum absolute atomic E-state index is 12.7. The highest BCUT2D eigenvalue weighted by Crippen LogP contribution is 2.22. The number of nitrogens with zero attached hydrogens (tertiary/aromatic N) is 1. The zero-order valence-electron chi connectivity index (χ0n) is 14.0. The van der Waals surface area contributed by atoms with Gasteiger partial charge in [0.15, 0.2) is 0 Å². The molecule has 1 heterocycles. The Morgan fingerprint density at radius 3 is 2.42 bits per heavy atom. The van der Waals surface area contributed by atoms with Crippen LogP contribution in [0.25, 0.3) is 0 Å². The molecule has 0 radical (unpaired) electrons. The van der Waals surface area contributed by atoms with E-state index in [2.05, 4.69) is 5.32 Å². The quantitative estimate of drug-likeness (QED) is 0.768. The predicted octanol–water partition coefficient (Wildman–Crippen LogP) is 1.77. The molecule has 1 aromatic carbocycles. The van der Waals surface area contributed by atoms with Crippen molar-refractivity contribution in [3.63, 3.8) is 0 Å². The first kappa shape index (κ1) is 22.7. The number of rotatable bonds is 5. The van der Waals surface area contributed by atoms with Crippen molar-refractivity contribution in [3.8, 4) is 0 Å². The van der Waals surface area contributed by atoms with Gasteiger partial charge in [-0.25, -0.2) is 8.42 Å². The molecule has 1 saturated heterocycles. The summed E-state index contributed by atoms with van der Waals surface area (Å²) in [5.41, 5.74) is -0.129. The molecule has 0 spiro atoms. The van der Waals surface area contributed by atoms with Crippen molar-refractivity contribution in [2.75, 3.05) is 26.7 Å². The molecule has 1 fully saturated rings. The molecule has 1 aliphatic rings. The van der Waals surface area contributed by atoms with E-state index in [9.17, 15) is 26.4 Å². The molecule has 148 valence electrons. The summed E-state index contributed by atoms with van der Waals surface area (Å²) < 4.78 is 63.2. The third-order valence-electron chi connectivity index (χ3n) is 4.05. The third-order valence-corrected chi connectivity index (χ3v) is 5.94. The number of sulfonamides is 1. The Morgan fingerprint density at radius 2 is 1.88 bits per heavy atom. The fraction of sp³-hybridized carbons (Fsp3) is 0.533. The van der Waals surface area contributed by atoms with E-state index in [1.165, 1.54) is 22.5 Å². The molecular formula is C15H21ClF3N3O3S.